The monoisotopic (exact) mass is 1150 g/mol. The van der Waals surface area contributed by atoms with Crippen molar-refractivity contribution in [1.29, 1.82) is 0 Å². The molecular formula is C51H54F3N5O16S3. The molecule has 3 aromatic carbocycles. The van der Waals surface area contributed by atoms with Crippen LogP contribution >= 0.6 is 11.8 Å². The standard InChI is InChI=1S/C51H54F3N5O16S3/c52-43-44(53)48(47(45(54)46(43)58-77(69)70)56-28-8-4-2-1-3-5-9-28)78(71,72)23-17-39(61)55-18-20-74-22-21-73-19-16-40(62)57-35(51(67)68)27-76-38-26-41(63)59(49(38)64)29-12-14-31(34(24-29)50(65)66)42-32-10-6-7-11-36(32)75-37-25-30(60)13-15-33(37)42/h6-7,10-15,24-25,28,35,38,56,58H,1-5,8-9,16-23,26-27H2,(H,55,61)(H,57,62)(H,65,66)(H,67,68)(H,69,70). The SMILES string of the molecule is O=C(CCS(=O)(=O)c1c(F)c(F)c(NS(=O)O)c(F)c1NC1CCCCCCC1)NCCOCCOCCC(=O)NC(CSC1CC(=O)N(c2ccc(-c3c4ccc(=O)cc-4oc4ccccc34)c(C(=O)O)c2)C1=O)C(=O)O. The predicted molar refractivity (Wildman–Crippen MR) is 281 cm³/mol. The average Bonchev–Trinajstić information content (AvgIpc) is 3.67. The second-order valence-corrected chi connectivity index (χ2v) is 22.2. The summed E-state index contributed by atoms with van der Waals surface area (Å²) in [7, 11) is -4.88. The van der Waals surface area contributed by atoms with E-state index in [0.29, 0.717) is 47.8 Å². The zero-order chi connectivity index (χ0) is 56.3. The molecule has 2 heterocycles. The van der Waals surface area contributed by atoms with E-state index in [1.807, 2.05) is 0 Å². The fraction of sp³-hybridized carbons (Fsp3) is 0.392. The molecule has 2 fully saturated rings. The number of para-hydroxylation sites is 1. The van der Waals surface area contributed by atoms with Gasteiger partial charge in [0.15, 0.2) is 32.7 Å². The number of fused-ring (bicyclic) bond motifs is 2. The van der Waals surface area contributed by atoms with E-state index in [1.54, 1.807) is 29.0 Å². The highest BCUT2D eigenvalue weighted by Crippen LogP contribution is 2.43. The first-order chi connectivity index (χ1) is 37.2. The van der Waals surface area contributed by atoms with Gasteiger partial charge >= 0.3 is 11.9 Å². The van der Waals surface area contributed by atoms with Gasteiger partial charge in [-0.3, -0.25) is 33.2 Å². The lowest BCUT2D eigenvalue weighted by Crippen LogP contribution is -2.43. The minimum atomic E-state index is -4.88. The number of imide groups is 1. The van der Waals surface area contributed by atoms with Crippen molar-refractivity contribution in [3.8, 4) is 22.5 Å². The van der Waals surface area contributed by atoms with Gasteiger partial charge in [-0.05, 0) is 48.7 Å². The van der Waals surface area contributed by atoms with E-state index in [4.69, 9.17) is 13.9 Å². The second-order valence-electron chi connectivity index (χ2n) is 18.2. The fourth-order valence-corrected chi connectivity index (χ4v) is 12.0. The van der Waals surface area contributed by atoms with Crippen LogP contribution in [-0.2, 0) is 54.6 Å². The van der Waals surface area contributed by atoms with Crippen molar-refractivity contribution in [1.82, 2.24) is 10.6 Å². The van der Waals surface area contributed by atoms with Crippen molar-refractivity contribution in [3.63, 3.8) is 0 Å². The van der Waals surface area contributed by atoms with E-state index in [1.165, 1.54) is 36.4 Å². The highest BCUT2D eigenvalue weighted by atomic mass is 32.2. The van der Waals surface area contributed by atoms with Gasteiger partial charge in [-0.1, -0.05) is 56.4 Å². The topological polar surface area (TPSA) is 314 Å². The number of aliphatic carboxylic acids is 1. The molecule has 78 heavy (non-hydrogen) atoms. The molecule has 4 aliphatic rings. The lowest BCUT2D eigenvalue weighted by molar-refractivity contribution is -0.141. The van der Waals surface area contributed by atoms with Crippen molar-refractivity contribution >= 4 is 96.5 Å². The van der Waals surface area contributed by atoms with Gasteiger partial charge in [0.1, 0.15) is 28.0 Å². The number of amides is 4. The molecular weight excluding hydrogens is 1090 g/mol. The first-order valence-electron chi connectivity index (χ1n) is 24.6. The molecule has 3 unspecified atom stereocenters. The summed E-state index contributed by atoms with van der Waals surface area (Å²) in [5.74, 6) is -12.5. The number of thioether (sulfide) groups is 1. The molecule has 0 bridgehead atoms. The summed E-state index contributed by atoms with van der Waals surface area (Å²) in [6.45, 7) is -0.443. The molecule has 27 heteroatoms. The number of sulfone groups is 1. The molecule has 2 aliphatic heterocycles. The number of carbonyl (C=O) groups excluding carboxylic acids is 4. The Balaban J connectivity index is 0.832. The van der Waals surface area contributed by atoms with Gasteiger partial charge in [0.25, 0.3) is 11.3 Å². The Morgan fingerprint density at radius 2 is 1.51 bits per heavy atom. The molecule has 0 radical (unpaired) electrons. The number of benzene rings is 4. The Morgan fingerprint density at radius 3 is 2.22 bits per heavy atom. The number of carbonyl (C=O) groups is 6. The van der Waals surface area contributed by atoms with E-state index in [0.717, 1.165) is 35.9 Å². The third-order valence-corrected chi connectivity index (χ3v) is 16.2. The summed E-state index contributed by atoms with van der Waals surface area (Å²) in [4.78, 5) is 88.7. The molecule has 1 saturated heterocycles. The van der Waals surface area contributed by atoms with Crippen molar-refractivity contribution in [2.24, 2.45) is 0 Å². The highest BCUT2D eigenvalue weighted by molar-refractivity contribution is 8.00. The normalized spacial score (nSPS) is 16.2. The van der Waals surface area contributed by atoms with Gasteiger partial charge in [-0.2, -0.15) is 0 Å². The largest absolute Gasteiger partial charge is 0.480 e. The van der Waals surface area contributed by atoms with E-state index in [2.05, 4.69) is 16.0 Å². The van der Waals surface area contributed by atoms with Crippen LogP contribution in [0.15, 0.2) is 74.8 Å². The molecule has 2 aliphatic carbocycles. The molecule has 0 spiro atoms. The molecule has 21 nitrogen and oxygen atoms in total. The lowest BCUT2D eigenvalue weighted by Gasteiger charge is -2.25. The van der Waals surface area contributed by atoms with Crippen LogP contribution in [0.5, 0.6) is 0 Å². The van der Waals surface area contributed by atoms with Crippen molar-refractivity contribution in [2.75, 3.05) is 59.4 Å². The number of halogens is 3. The Kier molecular flexibility index (Phi) is 20.1. The van der Waals surface area contributed by atoms with Crippen LogP contribution in [0, 0.1) is 17.5 Å². The molecule has 7 rings (SSSR count). The smallest absolute Gasteiger partial charge is 0.336 e. The maximum Gasteiger partial charge on any atom is 0.336 e. The predicted octanol–water partition coefficient (Wildman–Crippen LogP) is 6.09. The third-order valence-electron chi connectivity index (χ3n) is 12.8. The van der Waals surface area contributed by atoms with E-state index < -0.39 is 120 Å². The Hall–Kier alpha value is -6.91. The second kappa shape index (κ2) is 26.6. The zero-order valence-electron chi connectivity index (χ0n) is 41.5. The molecule has 1 saturated carbocycles. The van der Waals surface area contributed by atoms with Crippen molar-refractivity contribution in [2.45, 2.75) is 86.4 Å². The number of carboxylic acids is 2. The number of nitrogens with zero attached hydrogens (tertiary/aromatic N) is 1. The molecule has 418 valence electrons. The van der Waals surface area contributed by atoms with Crippen LogP contribution in [0.25, 0.3) is 33.4 Å². The maximum absolute atomic E-state index is 15.7. The molecule has 4 amide bonds. The number of carboxylic acid groups (broad SMARTS) is 2. The molecule has 3 aromatic rings. The maximum atomic E-state index is 15.7. The zero-order valence-corrected chi connectivity index (χ0v) is 43.9. The van der Waals surface area contributed by atoms with Crippen LogP contribution in [0.3, 0.4) is 0 Å². The molecule has 3 atom stereocenters. The number of anilines is 3. The highest BCUT2D eigenvalue weighted by Gasteiger charge is 2.41. The number of hydrogen-bond donors (Lipinski definition) is 7. The molecule has 0 aromatic heterocycles. The van der Waals surface area contributed by atoms with Crippen LogP contribution in [-0.4, -0.2) is 125 Å². The number of rotatable bonds is 25. The summed E-state index contributed by atoms with van der Waals surface area (Å²) in [5.41, 5.74) is -1.35. The fourth-order valence-electron chi connectivity index (χ4n) is 9.04. The molecule has 7 N–H and O–H groups in total. The minimum Gasteiger partial charge on any atom is -0.480 e. The first kappa shape index (κ1) is 58.8. The van der Waals surface area contributed by atoms with Crippen LogP contribution in [0.2, 0.25) is 0 Å². The van der Waals surface area contributed by atoms with Crippen LogP contribution < -0.4 is 31.0 Å². The number of hydrogen-bond acceptors (Lipinski definition) is 15. The van der Waals surface area contributed by atoms with Gasteiger partial charge < -0.3 is 40.1 Å². The summed E-state index contributed by atoms with van der Waals surface area (Å²) in [6.07, 6.45) is 3.68. The average molecular weight is 1150 g/mol. The summed E-state index contributed by atoms with van der Waals surface area (Å²) in [5, 5.41) is 27.2. The van der Waals surface area contributed by atoms with Crippen LogP contribution in [0.4, 0.5) is 30.2 Å². The van der Waals surface area contributed by atoms with E-state index in [-0.39, 0.29) is 79.6 Å². The van der Waals surface area contributed by atoms with Gasteiger partial charge in [0.05, 0.1) is 54.4 Å². The number of aromatic carboxylic acids is 1. The Labute approximate surface area is 450 Å². The quantitative estimate of drug-likeness (QED) is 0.0114. The lowest BCUT2D eigenvalue weighted by atomic mass is 9.90. The Bertz CT molecular complexity index is 3270. The summed E-state index contributed by atoms with van der Waals surface area (Å²) < 4.78 is 112. The van der Waals surface area contributed by atoms with Crippen molar-refractivity contribution < 1.29 is 83.2 Å². The van der Waals surface area contributed by atoms with Gasteiger partial charge in [0.2, 0.25) is 23.6 Å². The summed E-state index contributed by atoms with van der Waals surface area (Å²) in [6, 6.07) is 13.0. The van der Waals surface area contributed by atoms with E-state index in [9.17, 15) is 65.3 Å². The van der Waals surface area contributed by atoms with Gasteiger partial charge in [0, 0.05) is 60.2 Å². The number of ether oxygens (including phenoxy) is 2. The summed E-state index contributed by atoms with van der Waals surface area (Å²) >= 11 is -2.21. The van der Waals surface area contributed by atoms with Crippen molar-refractivity contribution in [3.05, 3.63) is 93.9 Å². The Morgan fingerprint density at radius 1 is 0.821 bits per heavy atom. The third kappa shape index (κ3) is 14.4. The first-order valence-corrected chi connectivity index (χ1v) is 28.4. The number of nitrogens with one attached hydrogen (secondary N) is 4. The van der Waals surface area contributed by atoms with E-state index >= 15 is 8.78 Å². The minimum absolute atomic E-state index is 0.0305. The van der Waals surface area contributed by atoms with Gasteiger partial charge in [-0.15, -0.1) is 11.8 Å². The van der Waals surface area contributed by atoms with Crippen LogP contribution in [0.1, 0.15) is 74.6 Å². The van der Waals surface area contributed by atoms with Gasteiger partial charge in [-0.25, -0.2) is 40.3 Å².